The number of ether oxygens (including phenoxy) is 1. The molecule has 0 aromatic heterocycles. The van der Waals surface area contributed by atoms with Gasteiger partial charge in [0, 0.05) is 5.92 Å². The molecule has 3 N–H and O–H groups in total. The third kappa shape index (κ3) is 2.08. The fourth-order valence-electron chi connectivity index (χ4n) is 2.11. The summed E-state index contributed by atoms with van der Waals surface area (Å²) in [5, 5.41) is 28.6. The van der Waals surface area contributed by atoms with E-state index >= 15 is 0 Å². The lowest BCUT2D eigenvalue weighted by atomic mass is 9.83. The SMILES string of the molecule is CC[C@@H]1C(O)[C@@H](CC)OC(CO)[C@@H]1O. The van der Waals surface area contributed by atoms with E-state index in [1.54, 1.807) is 0 Å². The number of rotatable bonds is 3. The molecule has 14 heavy (non-hydrogen) atoms. The number of aliphatic hydroxyl groups is 3. The molecule has 4 nitrogen and oxygen atoms in total. The third-order valence-electron chi connectivity index (χ3n) is 3.04. The fraction of sp³-hybridized carbons (Fsp3) is 1.00. The maximum absolute atomic E-state index is 9.85. The fourth-order valence-corrected chi connectivity index (χ4v) is 2.11. The Hall–Kier alpha value is -0.160. The van der Waals surface area contributed by atoms with Gasteiger partial charge in [0.1, 0.15) is 6.10 Å². The number of hydrogen-bond donors (Lipinski definition) is 3. The average Bonchev–Trinajstić information content (AvgIpc) is 2.19. The highest BCUT2D eigenvalue weighted by atomic mass is 16.5. The van der Waals surface area contributed by atoms with E-state index in [0.717, 1.165) is 0 Å². The minimum absolute atomic E-state index is 0.189. The van der Waals surface area contributed by atoms with Gasteiger partial charge in [-0.25, -0.2) is 0 Å². The van der Waals surface area contributed by atoms with Crippen molar-refractivity contribution < 1.29 is 20.1 Å². The summed E-state index contributed by atoms with van der Waals surface area (Å²) in [4.78, 5) is 0. The molecule has 1 rings (SSSR count). The summed E-state index contributed by atoms with van der Waals surface area (Å²) in [6.07, 6.45) is -0.807. The summed E-state index contributed by atoms with van der Waals surface area (Å²) < 4.78 is 5.39. The molecule has 1 aliphatic heterocycles. The zero-order valence-electron chi connectivity index (χ0n) is 8.76. The lowest BCUT2D eigenvalue weighted by Gasteiger charge is -2.42. The van der Waals surface area contributed by atoms with E-state index in [0.29, 0.717) is 12.8 Å². The van der Waals surface area contributed by atoms with Crippen LogP contribution in [0.2, 0.25) is 0 Å². The molecular weight excluding hydrogens is 184 g/mol. The molecule has 0 aromatic rings. The summed E-state index contributed by atoms with van der Waals surface area (Å²) in [7, 11) is 0. The molecule has 0 spiro atoms. The Morgan fingerprint density at radius 3 is 2.00 bits per heavy atom. The molecule has 1 saturated heterocycles. The average molecular weight is 204 g/mol. The van der Waals surface area contributed by atoms with Crippen LogP contribution in [0.5, 0.6) is 0 Å². The Kier molecular flexibility index (Phi) is 4.31. The third-order valence-corrected chi connectivity index (χ3v) is 3.04. The van der Waals surface area contributed by atoms with Gasteiger partial charge >= 0.3 is 0 Å². The Morgan fingerprint density at radius 1 is 1.00 bits per heavy atom. The van der Waals surface area contributed by atoms with Crippen molar-refractivity contribution in [1.82, 2.24) is 0 Å². The van der Waals surface area contributed by atoms with Crippen molar-refractivity contribution in [2.45, 2.75) is 51.1 Å². The van der Waals surface area contributed by atoms with Crippen LogP contribution < -0.4 is 0 Å². The van der Waals surface area contributed by atoms with Gasteiger partial charge in [-0.15, -0.1) is 0 Å². The lowest BCUT2D eigenvalue weighted by molar-refractivity contribution is -0.209. The molecule has 1 heterocycles. The molecule has 0 amide bonds. The standard InChI is InChI=1S/C10H20O4/c1-3-6-9(12)7(4-2)14-8(5-11)10(6)13/h6-13H,3-5H2,1-2H3/t6-,7-,8?,9?,10-/m1/s1. The van der Waals surface area contributed by atoms with E-state index in [-0.39, 0.29) is 18.6 Å². The number of hydrogen-bond acceptors (Lipinski definition) is 4. The zero-order valence-corrected chi connectivity index (χ0v) is 8.76. The molecule has 0 aliphatic carbocycles. The summed E-state index contributed by atoms with van der Waals surface area (Å²) >= 11 is 0. The summed E-state index contributed by atoms with van der Waals surface area (Å²) in [6.45, 7) is 3.65. The van der Waals surface area contributed by atoms with E-state index in [2.05, 4.69) is 0 Å². The quantitative estimate of drug-likeness (QED) is 0.600. The van der Waals surface area contributed by atoms with E-state index in [1.165, 1.54) is 0 Å². The molecule has 1 fully saturated rings. The predicted molar refractivity (Wildman–Crippen MR) is 51.8 cm³/mol. The zero-order chi connectivity index (χ0) is 10.7. The van der Waals surface area contributed by atoms with Crippen LogP contribution in [-0.2, 0) is 4.74 Å². The second-order valence-corrected chi connectivity index (χ2v) is 3.86. The maximum atomic E-state index is 9.85. The second-order valence-electron chi connectivity index (χ2n) is 3.86. The van der Waals surface area contributed by atoms with Gasteiger partial charge in [-0.05, 0) is 12.8 Å². The lowest BCUT2D eigenvalue weighted by Crippen LogP contribution is -2.54. The second kappa shape index (κ2) is 5.07. The van der Waals surface area contributed by atoms with Crippen LogP contribution in [0.3, 0.4) is 0 Å². The van der Waals surface area contributed by atoms with Crippen molar-refractivity contribution in [1.29, 1.82) is 0 Å². The predicted octanol–water partition coefficient (Wildman–Crippen LogP) is -0.0959. The first-order chi connectivity index (χ1) is 6.65. The Balaban J connectivity index is 2.72. The van der Waals surface area contributed by atoms with Crippen LogP contribution >= 0.6 is 0 Å². The largest absolute Gasteiger partial charge is 0.394 e. The van der Waals surface area contributed by atoms with Crippen LogP contribution in [0.25, 0.3) is 0 Å². The topological polar surface area (TPSA) is 69.9 Å². The summed E-state index contributed by atoms with van der Waals surface area (Å²) in [5.41, 5.74) is 0. The molecule has 84 valence electrons. The summed E-state index contributed by atoms with van der Waals surface area (Å²) in [6, 6.07) is 0. The highest BCUT2D eigenvalue weighted by molar-refractivity contribution is 4.90. The van der Waals surface area contributed by atoms with Gasteiger partial charge in [-0.2, -0.15) is 0 Å². The minimum atomic E-state index is -0.761. The van der Waals surface area contributed by atoms with Gasteiger partial charge in [-0.1, -0.05) is 13.8 Å². The van der Waals surface area contributed by atoms with Crippen molar-refractivity contribution in [2.24, 2.45) is 5.92 Å². The van der Waals surface area contributed by atoms with Crippen molar-refractivity contribution in [3.63, 3.8) is 0 Å². The molecule has 5 atom stereocenters. The van der Waals surface area contributed by atoms with Crippen LogP contribution in [0.15, 0.2) is 0 Å². The minimum Gasteiger partial charge on any atom is -0.394 e. The van der Waals surface area contributed by atoms with Crippen LogP contribution in [0, 0.1) is 5.92 Å². The molecule has 0 bridgehead atoms. The van der Waals surface area contributed by atoms with Crippen molar-refractivity contribution in [3.8, 4) is 0 Å². The van der Waals surface area contributed by atoms with E-state index in [4.69, 9.17) is 9.84 Å². The van der Waals surface area contributed by atoms with Gasteiger partial charge < -0.3 is 20.1 Å². The van der Waals surface area contributed by atoms with Crippen molar-refractivity contribution in [2.75, 3.05) is 6.61 Å². The smallest absolute Gasteiger partial charge is 0.107 e. The molecule has 0 saturated carbocycles. The molecule has 2 unspecified atom stereocenters. The van der Waals surface area contributed by atoms with Crippen LogP contribution in [0.1, 0.15) is 26.7 Å². The first kappa shape index (κ1) is 11.9. The highest BCUT2D eigenvalue weighted by Crippen LogP contribution is 2.29. The van der Waals surface area contributed by atoms with E-state index in [9.17, 15) is 10.2 Å². The van der Waals surface area contributed by atoms with Crippen molar-refractivity contribution >= 4 is 0 Å². The molecule has 0 radical (unpaired) electrons. The molecule has 0 aromatic carbocycles. The Bertz CT molecular complexity index is 158. The Labute approximate surface area is 84.5 Å². The van der Waals surface area contributed by atoms with E-state index in [1.807, 2.05) is 13.8 Å². The molecule has 4 heteroatoms. The first-order valence-corrected chi connectivity index (χ1v) is 5.28. The normalized spacial score (nSPS) is 43.9. The van der Waals surface area contributed by atoms with Crippen LogP contribution in [-0.4, -0.2) is 46.3 Å². The van der Waals surface area contributed by atoms with Crippen LogP contribution in [0.4, 0.5) is 0 Å². The highest BCUT2D eigenvalue weighted by Gasteiger charge is 2.42. The van der Waals surface area contributed by atoms with Gasteiger partial charge in [0.15, 0.2) is 0 Å². The van der Waals surface area contributed by atoms with Gasteiger partial charge in [0.25, 0.3) is 0 Å². The number of aliphatic hydroxyl groups excluding tert-OH is 3. The summed E-state index contributed by atoms with van der Waals surface area (Å²) in [5.74, 6) is -0.189. The monoisotopic (exact) mass is 204 g/mol. The molecular formula is C10H20O4. The van der Waals surface area contributed by atoms with Gasteiger partial charge in [0.2, 0.25) is 0 Å². The first-order valence-electron chi connectivity index (χ1n) is 5.28. The van der Waals surface area contributed by atoms with Crippen molar-refractivity contribution in [3.05, 3.63) is 0 Å². The van der Waals surface area contributed by atoms with Gasteiger partial charge in [0.05, 0.1) is 24.9 Å². The molecule has 1 aliphatic rings. The van der Waals surface area contributed by atoms with E-state index < -0.39 is 18.3 Å². The Morgan fingerprint density at radius 2 is 1.57 bits per heavy atom. The van der Waals surface area contributed by atoms with Gasteiger partial charge in [-0.3, -0.25) is 0 Å². The maximum Gasteiger partial charge on any atom is 0.107 e.